The van der Waals surface area contributed by atoms with Gasteiger partial charge in [0, 0.05) is 54.5 Å². The quantitative estimate of drug-likeness (QED) is 0.109. The van der Waals surface area contributed by atoms with E-state index in [2.05, 4.69) is 27.4 Å². The number of amides is 3. The number of nitriles is 2. The third-order valence-electron chi connectivity index (χ3n) is 10.8. The van der Waals surface area contributed by atoms with Crippen molar-refractivity contribution in [3.8, 4) is 52.4 Å². The number of halogens is 2. The molecule has 0 bridgehead atoms. The highest BCUT2D eigenvalue weighted by Gasteiger charge is 2.34. The van der Waals surface area contributed by atoms with E-state index in [0.717, 1.165) is 21.1 Å². The molecule has 0 aliphatic carbocycles. The van der Waals surface area contributed by atoms with Crippen LogP contribution in [0.2, 0.25) is 10.0 Å². The first-order chi connectivity index (χ1) is 34.7. The number of carbonyl (C=O) groups is 2. The normalized spacial score (nSPS) is 10.7. The molecule has 2 heterocycles. The van der Waals surface area contributed by atoms with Gasteiger partial charge >= 0.3 is 12.1 Å². The predicted molar refractivity (Wildman–Crippen MR) is 269 cm³/mol. The van der Waals surface area contributed by atoms with Crippen LogP contribution in [0.1, 0.15) is 22.3 Å². The van der Waals surface area contributed by atoms with Crippen molar-refractivity contribution in [3.63, 3.8) is 0 Å². The van der Waals surface area contributed by atoms with Gasteiger partial charge in [0.05, 0.1) is 43.6 Å². The van der Waals surface area contributed by atoms with Crippen LogP contribution in [-0.4, -0.2) is 29.1 Å². The Bertz CT molecular complexity index is 3520. The third-order valence-corrected chi connectivity index (χ3v) is 11.4. The van der Waals surface area contributed by atoms with Gasteiger partial charge in [0.15, 0.2) is 0 Å². The molecule has 7 aromatic carbocycles. The van der Waals surface area contributed by atoms with E-state index in [1.165, 1.54) is 31.3 Å². The third kappa shape index (κ3) is 10.5. The second-order valence-electron chi connectivity index (χ2n) is 15.4. The first-order valence-corrected chi connectivity index (χ1v) is 22.5. The predicted octanol–water partition coefficient (Wildman–Crippen LogP) is 13.3. The molecule has 0 radical (unpaired) electrons. The van der Waals surface area contributed by atoms with Gasteiger partial charge in [-0.05, 0) is 71.8 Å². The Morgan fingerprint density at radius 3 is 1.44 bits per heavy atom. The lowest BCUT2D eigenvalue weighted by Crippen LogP contribution is -2.54. The number of anilines is 2. The molecule has 3 amide bonds. The van der Waals surface area contributed by atoms with E-state index < -0.39 is 12.1 Å². The number of ether oxygens (including phenoxy) is 5. The molecule has 0 fully saturated rings. The number of urea groups is 1. The lowest BCUT2D eigenvalue weighted by Gasteiger charge is -2.34. The highest BCUT2D eigenvalue weighted by molar-refractivity contribution is 6.35. The highest BCUT2D eigenvalue weighted by atomic mass is 35.5. The monoisotopic (exact) mass is 977 g/mol. The molecule has 0 atom stereocenters. The topological polar surface area (TPSA) is 172 Å². The van der Waals surface area contributed by atoms with Crippen LogP contribution >= 0.6 is 23.2 Å². The van der Waals surface area contributed by atoms with E-state index in [1.807, 2.05) is 60.7 Å². The van der Waals surface area contributed by atoms with Gasteiger partial charge < -0.3 is 29.0 Å². The summed E-state index contributed by atoms with van der Waals surface area (Å²) in [6.07, 6.45) is 2.10. The summed E-state index contributed by atoms with van der Waals surface area (Å²) >= 11 is 14.0. The number of fused-ring (bicyclic) bond motifs is 2. The van der Waals surface area contributed by atoms with Crippen LogP contribution in [0.15, 0.2) is 176 Å². The number of nitrogens with one attached hydrogen (secondary N) is 1. The Morgan fingerprint density at radius 2 is 1.00 bits per heavy atom. The molecule has 348 valence electrons. The number of carbonyl (C=O) groups excluding carboxylic acids is 2. The second-order valence-corrected chi connectivity index (χ2v) is 16.2. The first kappa shape index (κ1) is 46.8. The summed E-state index contributed by atoms with van der Waals surface area (Å²) < 4.78 is 30.5. The molecular weight excluding hydrogens is 942 g/mol. The maximum Gasteiger partial charge on any atom is 0.439 e. The number of benzene rings is 7. The Hall–Kier alpha value is -9.34. The molecule has 1 N–H and O–H groups in total. The van der Waals surface area contributed by atoms with Gasteiger partial charge in [-0.15, -0.1) is 0 Å². The molecule has 0 spiro atoms. The van der Waals surface area contributed by atoms with Crippen LogP contribution in [-0.2, 0) is 13.2 Å². The van der Waals surface area contributed by atoms with E-state index in [9.17, 15) is 20.1 Å². The van der Waals surface area contributed by atoms with Crippen LogP contribution in [0.3, 0.4) is 0 Å². The number of para-hydroxylation sites is 1. The van der Waals surface area contributed by atoms with Crippen LogP contribution in [0.25, 0.3) is 21.8 Å². The van der Waals surface area contributed by atoms with Crippen molar-refractivity contribution in [2.75, 3.05) is 17.1 Å². The van der Waals surface area contributed by atoms with E-state index in [4.69, 9.17) is 46.9 Å². The van der Waals surface area contributed by atoms with Gasteiger partial charge in [-0.1, -0.05) is 102 Å². The van der Waals surface area contributed by atoms with Crippen molar-refractivity contribution >= 4 is 68.5 Å². The number of hydrazine groups is 1. The Labute approximate surface area is 416 Å². The molecule has 2 aromatic heterocycles. The molecule has 0 saturated carbocycles. The van der Waals surface area contributed by atoms with E-state index >= 15 is 0 Å². The van der Waals surface area contributed by atoms with Crippen LogP contribution < -0.4 is 39.0 Å². The summed E-state index contributed by atoms with van der Waals surface area (Å²) in [5.74, 6) is 2.13. The SMILES string of the molecule is CNC(=O)N(c1ccc(Oc2ccnc3cc(OCc4ccccc4)c(C#N)cc23)cc1Cl)N(C(=O)Oc1ccccc1)c1ccc(Oc2ccnc3cc(OCc4ccccc4)c(C#N)cc23)cc1Cl. The maximum absolute atomic E-state index is 14.4. The van der Waals surface area contributed by atoms with Crippen LogP contribution in [0.5, 0.6) is 40.2 Å². The fourth-order valence-corrected chi connectivity index (χ4v) is 7.89. The maximum atomic E-state index is 14.4. The molecule has 71 heavy (non-hydrogen) atoms. The van der Waals surface area contributed by atoms with Crippen molar-refractivity contribution in [2.24, 2.45) is 0 Å². The highest BCUT2D eigenvalue weighted by Crippen LogP contribution is 2.41. The number of pyridine rings is 2. The molecule has 9 aromatic rings. The summed E-state index contributed by atoms with van der Waals surface area (Å²) in [5, 5.41) is 25.7. The number of hydrogen-bond donors (Lipinski definition) is 1. The van der Waals surface area contributed by atoms with E-state index in [1.54, 1.807) is 91.3 Å². The summed E-state index contributed by atoms with van der Waals surface area (Å²) in [4.78, 5) is 37.4. The lowest BCUT2D eigenvalue weighted by molar-refractivity contribution is 0.205. The zero-order valence-corrected chi connectivity index (χ0v) is 39.0. The second kappa shape index (κ2) is 21.3. The van der Waals surface area contributed by atoms with Gasteiger partial charge in [-0.3, -0.25) is 9.97 Å². The zero-order chi connectivity index (χ0) is 49.3. The average molecular weight is 979 g/mol. The molecule has 0 aliphatic heterocycles. The Balaban J connectivity index is 1.02. The van der Waals surface area contributed by atoms with Gasteiger partial charge in [0.1, 0.15) is 65.6 Å². The van der Waals surface area contributed by atoms with Crippen molar-refractivity contribution in [1.29, 1.82) is 10.5 Å². The minimum absolute atomic E-state index is 0.00942. The first-order valence-electron chi connectivity index (χ1n) is 21.7. The number of rotatable bonds is 13. The number of nitrogens with zero attached hydrogens (tertiary/aromatic N) is 6. The van der Waals surface area contributed by atoms with Crippen molar-refractivity contribution in [3.05, 3.63) is 208 Å². The standard InChI is InChI=1S/C55H37Cl2N7O7/c1-60-54(65)63(48-19-17-40(27-44(48)56)69-50-21-23-61-46-29-52(37(31-58)25-42(46)50)67-33-35-11-5-2-6-12-35)64(55(66)71-39-15-9-4-10-16-39)49-20-18-41(28-45(49)57)70-51-22-24-62-47-30-53(38(32-59)26-43(47)51)68-34-36-13-7-3-8-14-36/h2-30H,33-34H2,1H3,(H,60,65). The van der Waals surface area contributed by atoms with Crippen LogP contribution in [0.4, 0.5) is 21.0 Å². The van der Waals surface area contributed by atoms with Crippen molar-refractivity contribution in [1.82, 2.24) is 15.3 Å². The van der Waals surface area contributed by atoms with Gasteiger partial charge in [-0.2, -0.15) is 20.5 Å². The minimum atomic E-state index is -1.02. The largest absolute Gasteiger partial charge is 0.487 e. The molecule has 0 saturated heterocycles. The molecule has 14 nitrogen and oxygen atoms in total. The smallest absolute Gasteiger partial charge is 0.439 e. The molecule has 9 rings (SSSR count). The minimum Gasteiger partial charge on any atom is -0.487 e. The van der Waals surface area contributed by atoms with E-state index in [0.29, 0.717) is 44.8 Å². The summed E-state index contributed by atoms with van der Waals surface area (Å²) in [6.45, 7) is 0.511. The number of hydrogen-bond acceptors (Lipinski definition) is 11. The molecule has 16 heteroatoms. The van der Waals surface area contributed by atoms with Crippen molar-refractivity contribution < 1.29 is 33.3 Å². The average Bonchev–Trinajstić information content (AvgIpc) is 3.40. The lowest BCUT2D eigenvalue weighted by atomic mass is 10.1. The summed E-state index contributed by atoms with van der Waals surface area (Å²) in [5.41, 5.74) is 3.50. The fraction of sp³-hybridized carbons (Fsp3) is 0.0545. The Morgan fingerprint density at radius 1 is 0.549 bits per heavy atom. The van der Waals surface area contributed by atoms with Gasteiger partial charge in [0.2, 0.25) is 0 Å². The van der Waals surface area contributed by atoms with E-state index in [-0.39, 0.29) is 63.0 Å². The number of aromatic nitrogens is 2. The molecular formula is C55H37Cl2N7O7. The Kier molecular flexibility index (Phi) is 14.0. The van der Waals surface area contributed by atoms with Crippen LogP contribution in [0, 0.1) is 22.7 Å². The van der Waals surface area contributed by atoms with Crippen molar-refractivity contribution in [2.45, 2.75) is 13.2 Å². The van der Waals surface area contributed by atoms with Gasteiger partial charge in [-0.25, -0.2) is 9.59 Å². The fourth-order valence-electron chi connectivity index (χ4n) is 7.39. The van der Waals surface area contributed by atoms with Gasteiger partial charge in [0.25, 0.3) is 0 Å². The zero-order valence-electron chi connectivity index (χ0n) is 37.5. The summed E-state index contributed by atoms with van der Waals surface area (Å²) in [6, 6.07) is 50.0. The molecule has 0 aliphatic rings. The summed E-state index contributed by atoms with van der Waals surface area (Å²) in [7, 11) is 1.39. The molecule has 0 unspecified atom stereocenters.